The Balaban J connectivity index is 2.86. The number of rotatable bonds is 2. The molecule has 60 valence electrons. The quantitative estimate of drug-likeness (QED) is 0.623. The topological polar surface area (TPSA) is 38.0 Å². The first-order valence-electron chi connectivity index (χ1n) is 3.73. The van der Waals surface area contributed by atoms with Crippen LogP contribution in [0.25, 0.3) is 0 Å². The number of nitrogens with one attached hydrogen (secondary N) is 1. The summed E-state index contributed by atoms with van der Waals surface area (Å²) in [7, 11) is 1.93. The molecule has 0 unspecified atom stereocenters. The third-order valence-electron chi connectivity index (χ3n) is 1.72. The maximum atomic E-state index is 5.72. The molecule has 0 aliphatic rings. The molecule has 1 aromatic carbocycles. The molecule has 3 N–H and O–H groups in total. The van der Waals surface area contributed by atoms with Gasteiger partial charge in [-0.2, -0.15) is 0 Å². The summed E-state index contributed by atoms with van der Waals surface area (Å²) in [6.07, 6.45) is 0. The zero-order chi connectivity index (χ0) is 8.27. The first-order valence-corrected chi connectivity index (χ1v) is 3.73. The largest absolute Gasteiger partial charge is 0.399 e. The van der Waals surface area contributed by atoms with E-state index in [4.69, 9.17) is 5.73 Å². The van der Waals surface area contributed by atoms with Gasteiger partial charge in [0, 0.05) is 12.2 Å². The lowest BCUT2D eigenvalue weighted by molar-refractivity contribution is 0.818. The Labute approximate surface area is 67.4 Å². The molecule has 0 heterocycles. The van der Waals surface area contributed by atoms with Crippen LogP contribution < -0.4 is 11.1 Å². The lowest BCUT2D eigenvalue weighted by Gasteiger charge is -2.03. The van der Waals surface area contributed by atoms with Crippen LogP contribution in [0.15, 0.2) is 18.2 Å². The van der Waals surface area contributed by atoms with Crippen molar-refractivity contribution in [3.63, 3.8) is 0 Å². The lowest BCUT2D eigenvalue weighted by Crippen LogP contribution is -2.05. The van der Waals surface area contributed by atoms with Crippen LogP contribution in [0.3, 0.4) is 0 Å². The van der Waals surface area contributed by atoms with Crippen molar-refractivity contribution in [3.8, 4) is 0 Å². The first kappa shape index (κ1) is 8.08. The molecule has 1 rings (SSSR count). The fourth-order valence-electron chi connectivity index (χ4n) is 1.00. The van der Waals surface area contributed by atoms with Crippen molar-refractivity contribution in [1.29, 1.82) is 0 Å². The highest BCUT2D eigenvalue weighted by atomic mass is 14.8. The Kier molecular flexibility index (Phi) is 2.49. The van der Waals surface area contributed by atoms with Crippen molar-refractivity contribution in [2.45, 2.75) is 13.5 Å². The van der Waals surface area contributed by atoms with E-state index in [-0.39, 0.29) is 0 Å². The predicted octanol–water partition coefficient (Wildman–Crippen LogP) is 1.30. The van der Waals surface area contributed by atoms with Gasteiger partial charge in [-0.05, 0) is 31.2 Å². The Bertz CT molecular complexity index is 243. The van der Waals surface area contributed by atoms with Gasteiger partial charge in [-0.25, -0.2) is 0 Å². The second kappa shape index (κ2) is 3.39. The van der Waals surface area contributed by atoms with E-state index < -0.39 is 0 Å². The number of anilines is 1. The maximum Gasteiger partial charge on any atom is 0.0346 e. The molecule has 0 aliphatic carbocycles. The lowest BCUT2D eigenvalue weighted by atomic mass is 10.1. The molecule has 2 nitrogen and oxygen atoms in total. The molecule has 0 saturated heterocycles. The van der Waals surface area contributed by atoms with Gasteiger partial charge in [0.1, 0.15) is 0 Å². The minimum absolute atomic E-state index is 0.873. The van der Waals surface area contributed by atoms with Gasteiger partial charge in [0.25, 0.3) is 0 Å². The van der Waals surface area contributed by atoms with Gasteiger partial charge in [-0.3, -0.25) is 0 Å². The highest BCUT2D eigenvalue weighted by Crippen LogP contribution is 2.12. The maximum absolute atomic E-state index is 5.72. The average Bonchev–Trinajstić information content (AvgIpc) is 1.98. The first-order chi connectivity index (χ1) is 5.24. The molecule has 0 radical (unpaired) electrons. The molecular weight excluding hydrogens is 136 g/mol. The standard InChI is InChI=1S/C9H14N2/c1-7-3-4-8(6-11-2)5-9(7)10/h3-5,11H,6,10H2,1-2H3. The Hall–Kier alpha value is -1.02. The van der Waals surface area contributed by atoms with Crippen LogP contribution >= 0.6 is 0 Å². The van der Waals surface area contributed by atoms with Crippen molar-refractivity contribution >= 4 is 5.69 Å². The molecular formula is C9H14N2. The number of nitrogens with two attached hydrogens (primary N) is 1. The fourth-order valence-corrected chi connectivity index (χ4v) is 1.00. The van der Waals surface area contributed by atoms with E-state index in [9.17, 15) is 0 Å². The second-order valence-corrected chi connectivity index (χ2v) is 2.72. The number of benzene rings is 1. The molecule has 0 fully saturated rings. The molecule has 0 saturated carbocycles. The summed E-state index contributed by atoms with van der Waals surface area (Å²) < 4.78 is 0. The zero-order valence-electron chi connectivity index (χ0n) is 7.02. The van der Waals surface area contributed by atoms with E-state index in [1.165, 1.54) is 5.56 Å². The smallest absolute Gasteiger partial charge is 0.0346 e. The van der Waals surface area contributed by atoms with E-state index in [0.717, 1.165) is 17.8 Å². The van der Waals surface area contributed by atoms with Crippen LogP contribution in [0.5, 0.6) is 0 Å². The van der Waals surface area contributed by atoms with Gasteiger partial charge >= 0.3 is 0 Å². The highest BCUT2D eigenvalue weighted by molar-refractivity contribution is 5.48. The van der Waals surface area contributed by atoms with E-state index in [1.807, 2.05) is 26.1 Å². The summed E-state index contributed by atoms with van der Waals surface area (Å²) in [5.74, 6) is 0. The molecule has 0 aromatic heterocycles. The molecule has 0 aliphatic heterocycles. The number of hydrogen-bond acceptors (Lipinski definition) is 2. The SMILES string of the molecule is CNCc1ccc(C)c(N)c1. The molecule has 1 aromatic rings. The van der Waals surface area contributed by atoms with E-state index >= 15 is 0 Å². The summed E-state index contributed by atoms with van der Waals surface area (Å²) in [6, 6.07) is 6.13. The summed E-state index contributed by atoms with van der Waals surface area (Å²) >= 11 is 0. The van der Waals surface area contributed by atoms with Gasteiger partial charge in [0.15, 0.2) is 0 Å². The van der Waals surface area contributed by atoms with Crippen LogP contribution in [0.4, 0.5) is 5.69 Å². The normalized spacial score (nSPS) is 10.0. The Morgan fingerprint density at radius 2 is 2.18 bits per heavy atom. The summed E-state index contributed by atoms with van der Waals surface area (Å²) in [4.78, 5) is 0. The molecule has 0 spiro atoms. The van der Waals surface area contributed by atoms with E-state index in [0.29, 0.717) is 0 Å². The fraction of sp³-hybridized carbons (Fsp3) is 0.333. The monoisotopic (exact) mass is 150 g/mol. The Morgan fingerprint density at radius 1 is 1.45 bits per heavy atom. The average molecular weight is 150 g/mol. The van der Waals surface area contributed by atoms with Crippen LogP contribution in [-0.2, 0) is 6.54 Å². The Morgan fingerprint density at radius 3 is 2.73 bits per heavy atom. The molecule has 0 atom stereocenters. The van der Waals surface area contributed by atoms with Crippen LogP contribution in [0.2, 0.25) is 0 Å². The van der Waals surface area contributed by atoms with Crippen molar-refractivity contribution in [2.75, 3.05) is 12.8 Å². The van der Waals surface area contributed by atoms with Gasteiger partial charge in [0.05, 0.1) is 0 Å². The molecule has 0 amide bonds. The molecule has 0 bridgehead atoms. The zero-order valence-corrected chi connectivity index (χ0v) is 7.02. The summed E-state index contributed by atoms with van der Waals surface area (Å²) in [5, 5.41) is 3.08. The third kappa shape index (κ3) is 1.95. The van der Waals surface area contributed by atoms with Gasteiger partial charge in [-0.15, -0.1) is 0 Å². The third-order valence-corrected chi connectivity index (χ3v) is 1.72. The van der Waals surface area contributed by atoms with Gasteiger partial charge in [-0.1, -0.05) is 12.1 Å². The van der Waals surface area contributed by atoms with Gasteiger partial charge < -0.3 is 11.1 Å². The summed E-state index contributed by atoms with van der Waals surface area (Å²) in [5.41, 5.74) is 8.97. The van der Waals surface area contributed by atoms with Crippen molar-refractivity contribution < 1.29 is 0 Å². The highest BCUT2D eigenvalue weighted by Gasteiger charge is 1.94. The van der Waals surface area contributed by atoms with Crippen LogP contribution in [0.1, 0.15) is 11.1 Å². The van der Waals surface area contributed by atoms with Crippen molar-refractivity contribution in [1.82, 2.24) is 5.32 Å². The molecule has 2 heteroatoms. The van der Waals surface area contributed by atoms with Crippen LogP contribution in [-0.4, -0.2) is 7.05 Å². The van der Waals surface area contributed by atoms with Gasteiger partial charge in [0.2, 0.25) is 0 Å². The van der Waals surface area contributed by atoms with Crippen molar-refractivity contribution in [2.24, 2.45) is 0 Å². The number of nitrogen functional groups attached to an aromatic ring is 1. The van der Waals surface area contributed by atoms with E-state index in [2.05, 4.69) is 11.4 Å². The number of aryl methyl sites for hydroxylation is 1. The predicted molar refractivity (Wildman–Crippen MR) is 48.4 cm³/mol. The summed E-state index contributed by atoms with van der Waals surface area (Å²) in [6.45, 7) is 2.89. The van der Waals surface area contributed by atoms with Crippen LogP contribution in [0, 0.1) is 6.92 Å². The second-order valence-electron chi connectivity index (χ2n) is 2.72. The molecule has 11 heavy (non-hydrogen) atoms. The number of hydrogen-bond donors (Lipinski definition) is 2. The minimum atomic E-state index is 0.873. The van der Waals surface area contributed by atoms with Crippen molar-refractivity contribution in [3.05, 3.63) is 29.3 Å². The minimum Gasteiger partial charge on any atom is -0.399 e. The van der Waals surface area contributed by atoms with E-state index in [1.54, 1.807) is 0 Å².